The number of anilines is 1. The maximum atomic E-state index is 13.5. The molecule has 0 aromatic heterocycles. The predicted molar refractivity (Wildman–Crippen MR) is 87.8 cm³/mol. The highest BCUT2D eigenvalue weighted by Gasteiger charge is 2.20. The van der Waals surface area contributed by atoms with Crippen LogP contribution in [0.5, 0.6) is 0 Å². The van der Waals surface area contributed by atoms with Crippen molar-refractivity contribution in [3.8, 4) is 0 Å². The smallest absolute Gasteiger partial charge is 0.258 e. The molecule has 0 aliphatic carbocycles. The normalized spacial score (nSPS) is 10.4. The number of hydrogen-bond donors (Lipinski definition) is 1. The van der Waals surface area contributed by atoms with Crippen molar-refractivity contribution in [2.75, 3.05) is 11.4 Å². The van der Waals surface area contributed by atoms with Gasteiger partial charge in [0.2, 0.25) is 5.91 Å². The van der Waals surface area contributed by atoms with Gasteiger partial charge in [-0.05, 0) is 49.2 Å². The molecular formula is C18H19FN2O2. The summed E-state index contributed by atoms with van der Waals surface area (Å²) in [5.41, 5.74) is 7.79. The molecule has 5 heteroatoms. The van der Waals surface area contributed by atoms with Gasteiger partial charge in [-0.1, -0.05) is 18.2 Å². The Bertz CT molecular complexity index is 744. The van der Waals surface area contributed by atoms with Crippen LogP contribution in [0.1, 0.15) is 27.9 Å². The molecule has 0 radical (unpaired) electrons. The van der Waals surface area contributed by atoms with Crippen LogP contribution in [0.4, 0.5) is 10.1 Å². The van der Waals surface area contributed by atoms with Crippen molar-refractivity contribution < 1.29 is 14.0 Å². The van der Waals surface area contributed by atoms with Crippen molar-refractivity contribution in [2.45, 2.75) is 20.3 Å². The summed E-state index contributed by atoms with van der Waals surface area (Å²) in [6.07, 6.45) is 0.0358. The SMILES string of the molecule is Cc1cccc(N(CCC(N)=O)C(=O)c2cc(F)ccc2C)c1. The van der Waals surface area contributed by atoms with Gasteiger partial charge in [0, 0.05) is 24.2 Å². The summed E-state index contributed by atoms with van der Waals surface area (Å²) in [4.78, 5) is 25.4. The Kier molecular flexibility index (Phi) is 5.11. The van der Waals surface area contributed by atoms with Crippen LogP contribution in [0.25, 0.3) is 0 Å². The minimum absolute atomic E-state index is 0.0358. The second kappa shape index (κ2) is 7.05. The minimum Gasteiger partial charge on any atom is -0.370 e. The van der Waals surface area contributed by atoms with Crippen molar-refractivity contribution in [2.24, 2.45) is 5.73 Å². The van der Waals surface area contributed by atoms with Crippen LogP contribution < -0.4 is 10.6 Å². The Morgan fingerprint density at radius 3 is 2.52 bits per heavy atom. The largest absolute Gasteiger partial charge is 0.370 e. The standard InChI is InChI=1S/C18H19FN2O2/c1-12-4-3-5-15(10-12)21(9-8-17(20)22)18(23)16-11-14(19)7-6-13(16)2/h3-7,10-11H,8-9H2,1-2H3,(H2,20,22). The lowest BCUT2D eigenvalue weighted by Crippen LogP contribution is -2.34. The Morgan fingerprint density at radius 2 is 1.87 bits per heavy atom. The molecule has 0 aliphatic rings. The van der Waals surface area contributed by atoms with E-state index in [0.29, 0.717) is 11.3 Å². The van der Waals surface area contributed by atoms with Crippen molar-refractivity contribution >= 4 is 17.5 Å². The molecule has 2 rings (SSSR count). The number of carbonyl (C=O) groups is 2. The first kappa shape index (κ1) is 16.7. The maximum absolute atomic E-state index is 13.5. The lowest BCUT2D eigenvalue weighted by Gasteiger charge is -2.23. The summed E-state index contributed by atoms with van der Waals surface area (Å²) in [5.74, 6) is -1.32. The molecule has 0 heterocycles. The van der Waals surface area contributed by atoms with E-state index in [9.17, 15) is 14.0 Å². The van der Waals surface area contributed by atoms with Gasteiger partial charge in [-0.3, -0.25) is 9.59 Å². The van der Waals surface area contributed by atoms with Crippen LogP contribution >= 0.6 is 0 Å². The Morgan fingerprint density at radius 1 is 1.13 bits per heavy atom. The van der Waals surface area contributed by atoms with E-state index >= 15 is 0 Å². The quantitative estimate of drug-likeness (QED) is 0.922. The van der Waals surface area contributed by atoms with Gasteiger partial charge >= 0.3 is 0 Å². The Balaban J connectivity index is 2.41. The van der Waals surface area contributed by atoms with E-state index in [-0.39, 0.29) is 24.4 Å². The third kappa shape index (κ3) is 4.16. The number of nitrogens with zero attached hydrogens (tertiary/aromatic N) is 1. The van der Waals surface area contributed by atoms with E-state index in [2.05, 4.69) is 0 Å². The molecule has 0 saturated heterocycles. The monoisotopic (exact) mass is 314 g/mol. The van der Waals surface area contributed by atoms with Crippen LogP contribution in [-0.2, 0) is 4.79 Å². The first-order chi connectivity index (χ1) is 10.9. The fourth-order valence-electron chi connectivity index (χ4n) is 2.34. The van der Waals surface area contributed by atoms with Crippen LogP contribution in [0.3, 0.4) is 0 Å². The minimum atomic E-state index is -0.494. The molecule has 0 spiro atoms. The summed E-state index contributed by atoms with van der Waals surface area (Å²) in [6, 6.07) is 11.4. The molecule has 0 unspecified atom stereocenters. The van der Waals surface area contributed by atoms with Gasteiger partial charge in [0.15, 0.2) is 0 Å². The van der Waals surface area contributed by atoms with E-state index in [0.717, 1.165) is 5.56 Å². The molecule has 0 saturated carbocycles. The molecule has 0 atom stereocenters. The molecule has 2 aromatic carbocycles. The van der Waals surface area contributed by atoms with Crippen LogP contribution in [-0.4, -0.2) is 18.4 Å². The number of primary amides is 1. The Hall–Kier alpha value is -2.69. The van der Waals surface area contributed by atoms with Crippen molar-refractivity contribution in [3.05, 3.63) is 65.0 Å². The highest BCUT2D eigenvalue weighted by molar-refractivity contribution is 6.07. The van der Waals surface area contributed by atoms with Gasteiger partial charge in [0.1, 0.15) is 5.82 Å². The summed E-state index contributed by atoms with van der Waals surface area (Å²) in [5, 5.41) is 0. The highest BCUT2D eigenvalue weighted by Crippen LogP contribution is 2.21. The second-order valence-corrected chi connectivity index (χ2v) is 5.47. The first-order valence-corrected chi connectivity index (χ1v) is 7.31. The predicted octanol–water partition coefficient (Wildman–Crippen LogP) is 2.96. The molecule has 0 aliphatic heterocycles. The number of rotatable bonds is 5. The molecule has 2 aromatic rings. The first-order valence-electron chi connectivity index (χ1n) is 7.31. The third-order valence-electron chi connectivity index (χ3n) is 3.57. The number of benzene rings is 2. The third-order valence-corrected chi connectivity index (χ3v) is 3.57. The van der Waals surface area contributed by atoms with E-state index in [1.165, 1.54) is 17.0 Å². The molecule has 2 N–H and O–H groups in total. The highest BCUT2D eigenvalue weighted by atomic mass is 19.1. The number of aryl methyl sites for hydroxylation is 2. The molecule has 0 bridgehead atoms. The summed E-state index contributed by atoms with van der Waals surface area (Å²) >= 11 is 0. The average Bonchev–Trinajstić information content (AvgIpc) is 2.49. The van der Waals surface area contributed by atoms with E-state index < -0.39 is 11.7 Å². The van der Waals surface area contributed by atoms with Crippen LogP contribution in [0.2, 0.25) is 0 Å². The van der Waals surface area contributed by atoms with Crippen LogP contribution in [0, 0.1) is 19.7 Å². The summed E-state index contributed by atoms with van der Waals surface area (Å²) < 4.78 is 13.5. The fraction of sp³-hybridized carbons (Fsp3) is 0.222. The Labute approximate surface area is 134 Å². The van der Waals surface area contributed by atoms with Crippen molar-refractivity contribution in [1.82, 2.24) is 0 Å². The lowest BCUT2D eigenvalue weighted by molar-refractivity contribution is -0.117. The zero-order chi connectivity index (χ0) is 17.0. The molecule has 0 fully saturated rings. The maximum Gasteiger partial charge on any atom is 0.258 e. The summed E-state index contributed by atoms with van der Waals surface area (Å²) in [6.45, 7) is 3.80. The van der Waals surface area contributed by atoms with Gasteiger partial charge in [-0.25, -0.2) is 4.39 Å². The van der Waals surface area contributed by atoms with E-state index in [1.807, 2.05) is 25.1 Å². The lowest BCUT2D eigenvalue weighted by atomic mass is 10.1. The number of nitrogens with two attached hydrogens (primary N) is 1. The van der Waals surface area contributed by atoms with Crippen molar-refractivity contribution in [1.29, 1.82) is 0 Å². The van der Waals surface area contributed by atoms with Crippen LogP contribution in [0.15, 0.2) is 42.5 Å². The van der Waals surface area contributed by atoms with E-state index in [1.54, 1.807) is 19.1 Å². The number of halogens is 1. The van der Waals surface area contributed by atoms with Gasteiger partial charge < -0.3 is 10.6 Å². The van der Waals surface area contributed by atoms with Gasteiger partial charge in [-0.15, -0.1) is 0 Å². The van der Waals surface area contributed by atoms with E-state index in [4.69, 9.17) is 5.73 Å². The molecule has 4 nitrogen and oxygen atoms in total. The number of amides is 2. The molecular weight excluding hydrogens is 295 g/mol. The summed E-state index contributed by atoms with van der Waals surface area (Å²) in [7, 11) is 0. The zero-order valence-corrected chi connectivity index (χ0v) is 13.2. The average molecular weight is 314 g/mol. The molecule has 23 heavy (non-hydrogen) atoms. The topological polar surface area (TPSA) is 63.4 Å². The molecule has 120 valence electrons. The molecule has 2 amide bonds. The number of hydrogen-bond acceptors (Lipinski definition) is 2. The zero-order valence-electron chi connectivity index (χ0n) is 13.2. The van der Waals surface area contributed by atoms with Gasteiger partial charge in [-0.2, -0.15) is 0 Å². The number of carbonyl (C=O) groups excluding carboxylic acids is 2. The van der Waals surface area contributed by atoms with Gasteiger partial charge in [0.05, 0.1) is 0 Å². The fourth-order valence-corrected chi connectivity index (χ4v) is 2.34. The van der Waals surface area contributed by atoms with Crippen molar-refractivity contribution in [3.63, 3.8) is 0 Å². The second-order valence-electron chi connectivity index (χ2n) is 5.47. The van der Waals surface area contributed by atoms with Gasteiger partial charge in [0.25, 0.3) is 5.91 Å².